The lowest BCUT2D eigenvalue weighted by Gasteiger charge is -2.17. The first-order chi connectivity index (χ1) is 6.36. The predicted molar refractivity (Wildman–Crippen MR) is 51.4 cm³/mol. The summed E-state index contributed by atoms with van der Waals surface area (Å²) in [6.07, 6.45) is 4.34. The highest BCUT2D eigenvalue weighted by atomic mass is 16.2. The van der Waals surface area contributed by atoms with E-state index < -0.39 is 0 Å². The summed E-state index contributed by atoms with van der Waals surface area (Å²) in [7, 11) is 0. The quantitative estimate of drug-likeness (QED) is 0.693. The van der Waals surface area contributed by atoms with E-state index in [4.69, 9.17) is 0 Å². The Balaban J connectivity index is 1.69. The molecule has 0 spiro atoms. The van der Waals surface area contributed by atoms with Gasteiger partial charge in [-0.15, -0.1) is 0 Å². The van der Waals surface area contributed by atoms with Gasteiger partial charge < -0.3 is 10.2 Å². The SMILES string of the molecule is O=C1CCCN1CCC1CCNC1. The molecule has 0 aromatic heterocycles. The number of nitrogens with one attached hydrogen (secondary N) is 1. The lowest BCUT2D eigenvalue weighted by molar-refractivity contribution is -0.127. The zero-order valence-corrected chi connectivity index (χ0v) is 8.09. The summed E-state index contributed by atoms with van der Waals surface area (Å²) in [5.41, 5.74) is 0. The molecule has 0 bridgehead atoms. The third-order valence-electron chi connectivity index (χ3n) is 3.14. The van der Waals surface area contributed by atoms with Crippen molar-refractivity contribution in [2.45, 2.75) is 25.7 Å². The van der Waals surface area contributed by atoms with Crippen LogP contribution >= 0.6 is 0 Å². The second-order valence-corrected chi connectivity index (χ2v) is 4.13. The third kappa shape index (κ3) is 2.21. The lowest BCUT2D eigenvalue weighted by Crippen LogP contribution is -2.27. The van der Waals surface area contributed by atoms with Crippen LogP contribution in [0.2, 0.25) is 0 Å². The largest absolute Gasteiger partial charge is 0.343 e. The third-order valence-corrected chi connectivity index (χ3v) is 3.14. The number of carbonyl (C=O) groups excluding carboxylic acids is 1. The Labute approximate surface area is 79.5 Å². The summed E-state index contributed by atoms with van der Waals surface area (Å²) in [4.78, 5) is 13.3. The van der Waals surface area contributed by atoms with Crippen LogP contribution < -0.4 is 5.32 Å². The minimum atomic E-state index is 0.367. The molecule has 2 saturated heterocycles. The van der Waals surface area contributed by atoms with Crippen LogP contribution in [0.4, 0.5) is 0 Å². The highest BCUT2D eigenvalue weighted by Gasteiger charge is 2.21. The number of rotatable bonds is 3. The van der Waals surface area contributed by atoms with Crippen molar-refractivity contribution < 1.29 is 4.79 Å². The average Bonchev–Trinajstić information content (AvgIpc) is 2.72. The fourth-order valence-corrected chi connectivity index (χ4v) is 2.24. The summed E-state index contributed by atoms with van der Waals surface area (Å²) in [5.74, 6) is 1.18. The van der Waals surface area contributed by atoms with Crippen molar-refractivity contribution >= 4 is 5.91 Å². The fraction of sp³-hybridized carbons (Fsp3) is 0.900. The Morgan fingerprint density at radius 1 is 1.54 bits per heavy atom. The number of likely N-dealkylation sites (tertiary alicyclic amines) is 1. The van der Waals surface area contributed by atoms with Crippen LogP contribution in [0.3, 0.4) is 0 Å². The standard InChI is InChI=1S/C10H18N2O/c13-10-2-1-6-12(10)7-4-9-3-5-11-8-9/h9,11H,1-8H2. The molecular formula is C10H18N2O. The zero-order chi connectivity index (χ0) is 9.10. The second kappa shape index (κ2) is 4.09. The Kier molecular flexibility index (Phi) is 2.83. The molecule has 2 fully saturated rings. The molecule has 74 valence electrons. The van der Waals surface area contributed by atoms with E-state index in [9.17, 15) is 4.79 Å². The Morgan fingerprint density at radius 3 is 3.08 bits per heavy atom. The van der Waals surface area contributed by atoms with Crippen LogP contribution in [-0.2, 0) is 4.79 Å². The van der Waals surface area contributed by atoms with Crippen LogP contribution in [0.5, 0.6) is 0 Å². The number of hydrogen-bond donors (Lipinski definition) is 1. The number of carbonyl (C=O) groups is 1. The molecule has 3 heteroatoms. The molecule has 0 radical (unpaired) electrons. The molecule has 1 unspecified atom stereocenters. The predicted octanol–water partition coefficient (Wildman–Crippen LogP) is 0.608. The van der Waals surface area contributed by atoms with E-state index in [-0.39, 0.29) is 0 Å². The van der Waals surface area contributed by atoms with Crippen LogP contribution in [0.1, 0.15) is 25.7 Å². The summed E-state index contributed by atoms with van der Waals surface area (Å²) >= 11 is 0. The lowest BCUT2D eigenvalue weighted by atomic mass is 10.1. The molecule has 2 aliphatic rings. The summed E-state index contributed by atoms with van der Waals surface area (Å²) in [6, 6.07) is 0. The number of nitrogens with zero attached hydrogens (tertiary/aromatic N) is 1. The molecule has 1 amide bonds. The smallest absolute Gasteiger partial charge is 0.222 e. The van der Waals surface area contributed by atoms with Gasteiger partial charge in [-0.25, -0.2) is 0 Å². The number of amides is 1. The molecule has 0 aliphatic carbocycles. The number of hydrogen-bond acceptors (Lipinski definition) is 2. The highest BCUT2D eigenvalue weighted by Crippen LogP contribution is 2.16. The van der Waals surface area contributed by atoms with Gasteiger partial charge in [0.1, 0.15) is 0 Å². The molecule has 13 heavy (non-hydrogen) atoms. The molecule has 3 nitrogen and oxygen atoms in total. The van der Waals surface area contributed by atoms with Gasteiger partial charge in [0.2, 0.25) is 5.91 Å². The van der Waals surface area contributed by atoms with Crippen LogP contribution in [0.15, 0.2) is 0 Å². The fourth-order valence-electron chi connectivity index (χ4n) is 2.24. The molecule has 2 rings (SSSR count). The second-order valence-electron chi connectivity index (χ2n) is 4.13. The molecule has 0 saturated carbocycles. The summed E-state index contributed by atoms with van der Waals surface area (Å²) in [5, 5.41) is 3.36. The van der Waals surface area contributed by atoms with Crippen molar-refractivity contribution in [1.82, 2.24) is 10.2 Å². The maximum absolute atomic E-state index is 11.3. The van der Waals surface area contributed by atoms with E-state index >= 15 is 0 Å². The van der Waals surface area contributed by atoms with Crippen molar-refractivity contribution in [3.63, 3.8) is 0 Å². The Bertz CT molecular complexity index is 187. The average molecular weight is 182 g/mol. The van der Waals surface area contributed by atoms with Crippen molar-refractivity contribution in [1.29, 1.82) is 0 Å². The monoisotopic (exact) mass is 182 g/mol. The van der Waals surface area contributed by atoms with Crippen molar-refractivity contribution in [2.75, 3.05) is 26.2 Å². The first-order valence-electron chi connectivity index (χ1n) is 5.35. The van der Waals surface area contributed by atoms with Gasteiger partial charge in [-0.3, -0.25) is 4.79 Å². The van der Waals surface area contributed by atoms with Gasteiger partial charge in [-0.2, -0.15) is 0 Å². The van der Waals surface area contributed by atoms with E-state index in [0.717, 1.165) is 38.4 Å². The van der Waals surface area contributed by atoms with Gasteiger partial charge in [-0.05, 0) is 38.3 Å². The van der Waals surface area contributed by atoms with E-state index in [2.05, 4.69) is 5.32 Å². The normalized spacial score (nSPS) is 28.8. The highest BCUT2D eigenvalue weighted by molar-refractivity contribution is 5.77. The van der Waals surface area contributed by atoms with Gasteiger partial charge in [0.05, 0.1) is 0 Å². The molecule has 1 atom stereocenters. The first-order valence-corrected chi connectivity index (χ1v) is 5.35. The zero-order valence-electron chi connectivity index (χ0n) is 8.09. The molecule has 1 N–H and O–H groups in total. The molecule has 0 aromatic rings. The molecule has 0 aromatic carbocycles. The van der Waals surface area contributed by atoms with E-state index in [1.54, 1.807) is 0 Å². The summed E-state index contributed by atoms with van der Waals surface area (Å²) < 4.78 is 0. The minimum Gasteiger partial charge on any atom is -0.343 e. The minimum absolute atomic E-state index is 0.367. The molecule has 2 aliphatic heterocycles. The van der Waals surface area contributed by atoms with E-state index in [0.29, 0.717) is 5.91 Å². The maximum atomic E-state index is 11.3. The van der Waals surface area contributed by atoms with Crippen molar-refractivity contribution in [3.8, 4) is 0 Å². The molecule has 2 heterocycles. The first kappa shape index (κ1) is 9.00. The Hall–Kier alpha value is -0.570. The molecular weight excluding hydrogens is 164 g/mol. The van der Waals surface area contributed by atoms with Gasteiger partial charge in [0.25, 0.3) is 0 Å². The maximum Gasteiger partial charge on any atom is 0.222 e. The van der Waals surface area contributed by atoms with Gasteiger partial charge >= 0.3 is 0 Å². The van der Waals surface area contributed by atoms with Crippen LogP contribution in [0.25, 0.3) is 0 Å². The van der Waals surface area contributed by atoms with Crippen LogP contribution in [0, 0.1) is 5.92 Å². The topological polar surface area (TPSA) is 32.3 Å². The van der Waals surface area contributed by atoms with E-state index in [1.165, 1.54) is 19.4 Å². The van der Waals surface area contributed by atoms with Gasteiger partial charge in [-0.1, -0.05) is 0 Å². The van der Waals surface area contributed by atoms with Crippen LogP contribution in [-0.4, -0.2) is 37.0 Å². The van der Waals surface area contributed by atoms with Gasteiger partial charge in [0, 0.05) is 19.5 Å². The summed E-state index contributed by atoms with van der Waals surface area (Å²) in [6.45, 7) is 4.31. The van der Waals surface area contributed by atoms with Gasteiger partial charge in [0.15, 0.2) is 0 Å². The van der Waals surface area contributed by atoms with E-state index in [1.807, 2.05) is 4.90 Å². The van der Waals surface area contributed by atoms with Crippen molar-refractivity contribution in [2.24, 2.45) is 5.92 Å². The van der Waals surface area contributed by atoms with Crippen molar-refractivity contribution in [3.05, 3.63) is 0 Å². The Morgan fingerprint density at radius 2 is 2.46 bits per heavy atom.